The fraction of sp³-hybridized carbons (Fsp3) is 0.455. The Kier molecular flexibility index (Phi) is 8.67. The minimum absolute atomic E-state index is 0.0227. The van der Waals surface area contributed by atoms with Crippen molar-refractivity contribution in [2.24, 2.45) is 5.92 Å². The van der Waals surface area contributed by atoms with Crippen LogP contribution in [0.5, 0.6) is 0 Å². The average molecular weight is 571 g/mol. The number of ketones is 1. The van der Waals surface area contributed by atoms with Crippen molar-refractivity contribution >= 4 is 43.6 Å². The summed E-state index contributed by atoms with van der Waals surface area (Å²) in [5.41, 5.74) is 0. The molecule has 0 bridgehead atoms. The number of Topliss-reactive ketones (excluding diaryl/α,β-unsaturated/α-hetero) is 1. The van der Waals surface area contributed by atoms with Gasteiger partial charge in [-0.2, -0.15) is 9.04 Å². The van der Waals surface area contributed by atoms with E-state index in [0.29, 0.717) is 17.5 Å². The van der Waals surface area contributed by atoms with E-state index in [1.165, 1.54) is 24.3 Å². The average Bonchev–Trinajstić information content (AvgIpc) is 3.14. The maximum atomic E-state index is 13.0. The number of amides is 2. The van der Waals surface area contributed by atoms with Crippen molar-refractivity contribution in [2.45, 2.75) is 50.2 Å². The number of nitrogens with one attached hydrogen (secondary N) is 2. The lowest BCUT2D eigenvalue weighted by molar-refractivity contribution is -0.646. The molecule has 1 aliphatic rings. The highest BCUT2D eigenvalue weighted by molar-refractivity contribution is 9.10. The zero-order chi connectivity index (χ0) is 25.8. The Balaban J connectivity index is 1.70. The summed E-state index contributed by atoms with van der Waals surface area (Å²) in [4.78, 5) is 38.4. The Hall–Kier alpha value is -2.77. The number of halogens is 1. The molecule has 2 atom stereocenters. The molecule has 190 valence electrons. The SMILES string of the molecule is CC(C)CC(NC(=O)c1ccc(Br)o1)C(=O)N[C@H]1CCCN(S(=O)(=O)c2cccc[n+]2[O-])CC1=O. The van der Waals surface area contributed by atoms with Gasteiger partial charge >= 0.3 is 15.0 Å². The van der Waals surface area contributed by atoms with Gasteiger partial charge in [0, 0.05) is 18.7 Å². The zero-order valence-corrected chi connectivity index (χ0v) is 21.7. The Morgan fingerprint density at radius 2 is 2.03 bits per heavy atom. The maximum Gasteiger partial charge on any atom is 0.323 e. The molecular formula is C22H27BrN4O7S. The molecule has 2 aromatic heterocycles. The van der Waals surface area contributed by atoms with E-state index in [-0.39, 0.29) is 29.4 Å². The number of hydrogen-bond donors (Lipinski definition) is 2. The van der Waals surface area contributed by atoms with Crippen molar-refractivity contribution < 1.29 is 31.9 Å². The molecular weight excluding hydrogens is 544 g/mol. The van der Waals surface area contributed by atoms with E-state index in [0.717, 1.165) is 10.5 Å². The largest absolute Gasteiger partial charge is 0.618 e. The molecule has 1 aliphatic heterocycles. The van der Waals surface area contributed by atoms with Gasteiger partial charge < -0.3 is 20.3 Å². The molecule has 2 aromatic rings. The van der Waals surface area contributed by atoms with E-state index in [1.807, 2.05) is 13.8 Å². The second-order valence-corrected chi connectivity index (χ2v) is 11.3. The van der Waals surface area contributed by atoms with E-state index in [9.17, 15) is 28.0 Å². The van der Waals surface area contributed by atoms with Gasteiger partial charge in [-0.25, -0.2) is 8.42 Å². The first-order valence-electron chi connectivity index (χ1n) is 11.1. The topological polar surface area (TPSA) is 153 Å². The van der Waals surface area contributed by atoms with E-state index >= 15 is 0 Å². The third-order valence-electron chi connectivity index (χ3n) is 5.46. The van der Waals surface area contributed by atoms with Gasteiger partial charge in [0.1, 0.15) is 6.04 Å². The number of aromatic nitrogens is 1. The number of carbonyl (C=O) groups excluding carboxylic acids is 3. The summed E-state index contributed by atoms with van der Waals surface area (Å²) >= 11 is 3.12. The van der Waals surface area contributed by atoms with E-state index in [4.69, 9.17) is 4.42 Å². The van der Waals surface area contributed by atoms with Crippen LogP contribution in [0.4, 0.5) is 0 Å². The minimum atomic E-state index is -4.20. The van der Waals surface area contributed by atoms with Crippen LogP contribution in [0.25, 0.3) is 0 Å². The fourth-order valence-electron chi connectivity index (χ4n) is 3.74. The highest BCUT2D eigenvalue weighted by Gasteiger charge is 2.37. The van der Waals surface area contributed by atoms with Crippen molar-refractivity contribution in [3.63, 3.8) is 0 Å². The number of nitrogens with zero attached hydrogens (tertiary/aromatic N) is 2. The van der Waals surface area contributed by atoms with Gasteiger partial charge in [0.05, 0.1) is 12.6 Å². The first-order chi connectivity index (χ1) is 16.5. The highest BCUT2D eigenvalue weighted by Crippen LogP contribution is 2.18. The van der Waals surface area contributed by atoms with Gasteiger partial charge in [0.2, 0.25) is 5.91 Å². The summed E-state index contributed by atoms with van der Waals surface area (Å²) in [5.74, 6) is -1.54. The van der Waals surface area contributed by atoms with Gasteiger partial charge in [-0.05, 0) is 59.3 Å². The van der Waals surface area contributed by atoms with E-state index in [2.05, 4.69) is 26.6 Å². The summed E-state index contributed by atoms with van der Waals surface area (Å²) in [6.45, 7) is 3.32. The maximum absolute atomic E-state index is 13.0. The van der Waals surface area contributed by atoms with E-state index < -0.39 is 51.3 Å². The van der Waals surface area contributed by atoms with Crippen LogP contribution in [0.3, 0.4) is 0 Å². The molecule has 0 aliphatic carbocycles. The number of rotatable bonds is 8. The first kappa shape index (κ1) is 26.8. The van der Waals surface area contributed by atoms with Crippen LogP contribution < -0.4 is 15.4 Å². The van der Waals surface area contributed by atoms with Crippen LogP contribution in [-0.4, -0.2) is 55.5 Å². The molecule has 1 fully saturated rings. The second kappa shape index (κ2) is 11.3. The second-order valence-electron chi connectivity index (χ2n) is 8.63. The number of carbonyl (C=O) groups is 3. The van der Waals surface area contributed by atoms with Crippen LogP contribution in [-0.2, 0) is 19.6 Å². The van der Waals surface area contributed by atoms with Gasteiger partial charge in [-0.15, -0.1) is 0 Å². The fourth-order valence-corrected chi connectivity index (χ4v) is 5.52. The van der Waals surface area contributed by atoms with Gasteiger partial charge in [0.15, 0.2) is 22.4 Å². The predicted octanol–water partition coefficient (Wildman–Crippen LogP) is 1.36. The summed E-state index contributed by atoms with van der Waals surface area (Å²) in [6.07, 6.45) is 1.90. The number of furan rings is 1. The predicted molar refractivity (Wildman–Crippen MR) is 127 cm³/mol. The van der Waals surface area contributed by atoms with Crippen LogP contribution in [0.15, 0.2) is 50.6 Å². The molecule has 0 radical (unpaired) electrons. The summed E-state index contributed by atoms with van der Waals surface area (Å²) in [6, 6.07) is 5.17. The Bertz CT molecular complexity index is 1200. The molecule has 3 heterocycles. The molecule has 11 nitrogen and oxygen atoms in total. The molecule has 0 saturated carbocycles. The van der Waals surface area contributed by atoms with Crippen molar-refractivity contribution in [1.82, 2.24) is 14.9 Å². The summed E-state index contributed by atoms with van der Waals surface area (Å²) in [7, 11) is -4.20. The van der Waals surface area contributed by atoms with Gasteiger partial charge in [-0.3, -0.25) is 14.4 Å². The number of pyridine rings is 1. The lowest BCUT2D eigenvalue weighted by Crippen LogP contribution is -2.52. The molecule has 2 N–H and O–H groups in total. The third-order valence-corrected chi connectivity index (χ3v) is 7.72. The normalized spacial score (nSPS) is 18.2. The van der Waals surface area contributed by atoms with Crippen LogP contribution in [0, 0.1) is 11.1 Å². The zero-order valence-electron chi connectivity index (χ0n) is 19.3. The van der Waals surface area contributed by atoms with Gasteiger partial charge in [0.25, 0.3) is 5.91 Å². The monoisotopic (exact) mass is 570 g/mol. The molecule has 35 heavy (non-hydrogen) atoms. The van der Waals surface area contributed by atoms with Gasteiger partial charge in [-0.1, -0.05) is 13.8 Å². The Morgan fingerprint density at radius 3 is 2.66 bits per heavy atom. The molecule has 2 amide bonds. The molecule has 13 heteroatoms. The van der Waals surface area contributed by atoms with Crippen molar-refractivity contribution in [3.05, 3.63) is 52.2 Å². The van der Waals surface area contributed by atoms with Crippen LogP contribution >= 0.6 is 15.9 Å². The number of hydrogen-bond acceptors (Lipinski definition) is 7. The molecule has 3 rings (SSSR count). The molecule has 0 spiro atoms. The third kappa shape index (κ3) is 6.67. The highest BCUT2D eigenvalue weighted by atomic mass is 79.9. The van der Waals surface area contributed by atoms with E-state index in [1.54, 1.807) is 6.07 Å². The summed E-state index contributed by atoms with van der Waals surface area (Å²) in [5, 5.41) is 16.8. The Labute approximate surface area is 211 Å². The number of sulfonamides is 1. The lowest BCUT2D eigenvalue weighted by Gasteiger charge is -2.23. The molecule has 0 aromatic carbocycles. The van der Waals surface area contributed by atoms with Crippen molar-refractivity contribution in [2.75, 3.05) is 13.1 Å². The lowest BCUT2D eigenvalue weighted by atomic mass is 10.0. The summed E-state index contributed by atoms with van der Waals surface area (Å²) < 4.78 is 32.7. The smallest absolute Gasteiger partial charge is 0.323 e. The van der Waals surface area contributed by atoms with Crippen molar-refractivity contribution in [1.29, 1.82) is 0 Å². The molecule has 1 unspecified atom stereocenters. The van der Waals surface area contributed by atoms with Crippen LogP contribution in [0.2, 0.25) is 0 Å². The van der Waals surface area contributed by atoms with Crippen molar-refractivity contribution in [3.8, 4) is 0 Å². The standard InChI is InChI=1S/C22H27BrN4O7S/c1-14(2)12-16(25-22(30)18-8-9-19(23)34-18)21(29)24-15-6-5-10-26(13-17(15)28)35(32,33)20-7-3-4-11-27(20)31/h3-4,7-9,11,14-16H,5-6,10,12-13H2,1-2H3,(H,24,29)(H,25,30)/t15-,16?/m0/s1. The first-order valence-corrected chi connectivity index (χ1v) is 13.3. The Morgan fingerprint density at radius 1 is 1.29 bits per heavy atom. The minimum Gasteiger partial charge on any atom is -0.618 e. The quantitative estimate of drug-likeness (QED) is 0.359. The molecule has 1 saturated heterocycles. The van der Waals surface area contributed by atoms with Crippen LogP contribution in [0.1, 0.15) is 43.7 Å².